The van der Waals surface area contributed by atoms with Gasteiger partial charge in [-0.05, 0) is 54.1 Å². The van der Waals surface area contributed by atoms with Crippen LogP contribution in [0.2, 0.25) is 0 Å². The molecule has 5 heteroatoms. The van der Waals surface area contributed by atoms with Gasteiger partial charge in [0.15, 0.2) is 0 Å². The van der Waals surface area contributed by atoms with Crippen molar-refractivity contribution in [1.82, 2.24) is 10.2 Å². The van der Waals surface area contributed by atoms with E-state index in [1.807, 2.05) is 7.05 Å². The quantitative estimate of drug-likeness (QED) is 0.659. The highest BCUT2D eigenvalue weighted by molar-refractivity contribution is 9.10. The largest absolute Gasteiger partial charge is 0.313 e. The lowest BCUT2D eigenvalue weighted by atomic mass is 10.0. The van der Waals surface area contributed by atoms with E-state index < -0.39 is 0 Å². The number of hydrogen-bond donors (Lipinski definition) is 1. The molecule has 1 atom stereocenters. The standard InChI is InChI=1S/C16H20Br2N2S/c1-19-16(14-5-3-4-6-15(14)18)7-8-20(2)10-13-9-12(17)11-21-13/h3-6,9,11,16,19H,7-8,10H2,1-2H3. The van der Waals surface area contributed by atoms with Gasteiger partial charge >= 0.3 is 0 Å². The molecule has 1 N–H and O–H groups in total. The zero-order valence-corrected chi connectivity index (χ0v) is 16.3. The molecule has 0 fully saturated rings. The van der Waals surface area contributed by atoms with Crippen molar-refractivity contribution < 1.29 is 0 Å². The number of benzene rings is 1. The summed E-state index contributed by atoms with van der Waals surface area (Å²) < 4.78 is 2.35. The molecule has 1 heterocycles. The SMILES string of the molecule is CNC(CCN(C)Cc1cc(Br)cs1)c1ccccc1Br. The summed E-state index contributed by atoms with van der Waals surface area (Å²) in [7, 11) is 4.21. The van der Waals surface area contributed by atoms with Crippen molar-refractivity contribution in [3.05, 3.63) is 55.1 Å². The van der Waals surface area contributed by atoms with E-state index in [0.717, 1.165) is 19.5 Å². The minimum absolute atomic E-state index is 0.373. The molecule has 2 rings (SSSR count). The smallest absolute Gasteiger partial charge is 0.0340 e. The Morgan fingerprint density at radius 3 is 2.67 bits per heavy atom. The molecule has 114 valence electrons. The zero-order chi connectivity index (χ0) is 15.2. The first kappa shape index (κ1) is 17.2. The van der Waals surface area contributed by atoms with Gasteiger partial charge in [-0.3, -0.25) is 0 Å². The number of thiophene rings is 1. The van der Waals surface area contributed by atoms with Crippen LogP contribution in [-0.4, -0.2) is 25.5 Å². The third kappa shape index (κ3) is 5.18. The number of hydrogen-bond acceptors (Lipinski definition) is 3. The lowest BCUT2D eigenvalue weighted by Gasteiger charge is -2.22. The molecule has 21 heavy (non-hydrogen) atoms. The van der Waals surface area contributed by atoms with E-state index in [2.05, 4.69) is 84.8 Å². The summed E-state index contributed by atoms with van der Waals surface area (Å²) >= 11 is 8.96. The van der Waals surface area contributed by atoms with Crippen molar-refractivity contribution >= 4 is 43.2 Å². The van der Waals surface area contributed by atoms with E-state index in [9.17, 15) is 0 Å². The highest BCUT2D eigenvalue weighted by Gasteiger charge is 2.13. The molecule has 0 amide bonds. The molecule has 1 aromatic carbocycles. The first-order valence-electron chi connectivity index (χ1n) is 6.93. The topological polar surface area (TPSA) is 15.3 Å². The van der Waals surface area contributed by atoms with Crippen molar-refractivity contribution in [2.45, 2.75) is 19.0 Å². The van der Waals surface area contributed by atoms with Gasteiger partial charge in [-0.1, -0.05) is 34.1 Å². The second kappa shape index (κ2) is 8.44. The Morgan fingerprint density at radius 1 is 1.29 bits per heavy atom. The third-order valence-corrected chi connectivity index (χ3v) is 5.88. The average molecular weight is 432 g/mol. The summed E-state index contributed by atoms with van der Waals surface area (Å²) in [6.07, 6.45) is 1.09. The van der Waals surface area contributed by atoms with Gasteiger partial charge in [-0.25, -0.2) is 0 Å². The maximum absolute atomic E-state index is 3.64. The summed E-state index contributed by atoms with van der Waals surface area (Å²) in [5, 5.41) is 5.56. The molecule has 0 aliphatic heterocycles. The molecule has 0 radical (unpaired) electrons. The van der Waals surface area contributed by atoms with Crippen LogP contribution < -0.4 is 5.32 Å². The van der Waals surface area contributed by atoms with E-state index in [1.165, 1.54) is 19.4 Å². The van der Waals surface area contributed by atoms with Crippen LogP contribution in [-0.2, 0) is 6.54 Å². The van der Waals surface area contributed by atoms with Crippen LogP contribution >= 0.6 is 43.2 Å². The second-order valence-corrected chi connectivity index (χ2v) is 7.89. The first-order chi connectivity index (χ1) is 10.1. The van der Waals surface area contributed by atoms with Crippen molar-refractivity contribution in [1.29, 1.82) is 0 Å². The summed E-state index contributed by atoms with van der Waals surface area (Å²) in [6, 6.07) is 11.0. The Balaban J connectivity index is 1.89. The fourth-order valence-corrected chi connectivity index (χ4v) is 4.44. The van der Waals surface area contributed by atoms with E-state index in [0.29, 0.717) is 6.04 Å². The van der Waals surface area contributed by atoms with Gasteiger partial charge in [0.1, 0.15) is 0 Å². The highest BCUT2D eigenvalue weighted by Crippen LogP contribution is 2.26. The Bertz CT molecular complexity index is 571. The second-order valence-electron chi connectivity index (χ2n) is 5.12. The Morgan fingerprint density at radius 2 is 2.05 bits per heavy atom. The van der Waals surface area contributed by atoms with Crippen LogP contribution in [0.15, 0.2) is 44.7 Å². The van der Waals surface area contributed by atoms with Gasteiger partial charge in [-0.2, -0.15) is 0 Å². The first-order valence-corrected chi connectivity index (χ1v) is 9.40. The molecule has 1 aromatic heterocycles. The third-order valence-electron chi connectivity index (χ3n) is 3.48. The summed E-state index contributed by atoms with van der Waals surface area (Å²) in [4.78, 5) is 3.77. The molecular formula is C16H20Br2N2S. The van der Waals surface area contributed by atoms with E-state index >= 15 is 0 Å². The monoisotopic (exact) mass is 430 g/mol. The highest BCUT2D eigenvalue weighted by atomic mass is 79.9. The van der Waals surface area contributed by atoms with Crippen LogP contribution in [0.3, 0.4) is 0 Å². The molecule has 0 saturated heterocycles. The van der Waals surface area contributed by atoms with E-state index in [4.69, 9.17) is 0 Å². The lowest BCUT2D eigenvalue weighted by Crippen LogP contribution is -2.25. The normalized spacial score (nSPS) is 12.8. The van der Waals surface area contributed by atoms with Crippen molar-refractivity contribution in [3.63, 3.8) is 0 Å². The maximum atomic E-state index is 3.64. The number of rotatable bonds is 7. The van der Waals surface area contributed by atoms with Crippen LogP contribution in [0.5, 0.6) is 0 Å². The molecule has 0 spiro atoms. The Kier molecular flexibility index (Phi) is 6.89. The van der Waals surface area contributed by atoms with Gasteiger partial charge in [0.2, 0.25) is 0 Å². The zero-order valence-electron chi connectivity index (χ0n) is 12.3. The number of halogens is 2. The van der Waals surface area contributed by atoms with Gasteiger partial charge in [0, 0.05) is 38.3 Å². The number of nitrogens with zero attached hydrogens (tertiary/aromatic N) is 1. The van der Waals surface area contributed by atoms with Gasteiger partial charge < -0.3 is 10.2 Å². The van der Waals surface area contributed by atoms with Crippen molar-refractivity contribution in [2.75, 3.05) is 20.6 Å². The van der Waals surface area contributed by atoms with Crippen molar-refractivity contribution in [3.8, 4) is 0 Å². The van der Waals surface area contributed by atoms with Crippen LogP contribution in [0.1, 0.15) is 22.9 Å². The van der Waals surface area contributed by atoms with Crippen molar-refractivity contribution in [2.24, 2.45) is 0 Å². The summed E-state index contributed by atoms with van der Waals surface area (Å²) in [5.74, 6) is 0. The van der Waals surface area contributed by atoms with Crippen LogP contribution in [0, 0.1) is 0 Å². The van der Waals surface area contributed by atoms with E-state index in [-0.39, 0.29) is 0 Å². The maximum Gasteiger partial charge on any atom is 0.0340 e. The summed E-state index contributed by atoms with van der Waals surface area (Å²) in [5.41, 5.74) is 1.33. The lowest BCUT2D eigenvalue weighted by molar-refractivity contribution is 0.306. The van der Waals surface area contributed by atoms with Gasteiger partial charge in [0.05, 0.1) is 0 Å². The van der Waals surface area contributed by atoms with Crippen LogP contribution in [0.4, 0.5) is 0 Å². The van der Waals surface area contributed by atoms with Gasteiger partial charge in [-0.15, -0.1) is 11.3 Å². The molecule has 0 bridgehead atoms. The molecule has 0 aliphatic rings. The minimum atomic E-state index is 0.373. The molecule has 2 aromatic rings. The molecule has 0 saturated carbocycles. The fourth-order valence-electron chi connectivity index (χ4n) is 2.34. The summed E-state index contributed by atoms with van der Waals surface area (Å²) in [6.45, 7) is 2.06. The Labute approximate surface area is 147 Å². The molecule has 0 aliphatic carbocycles. The minimum Gasteiger partial charge on any atom is -0.313 e. The van der Waals surface area contributed by atoms with Gasteiger partial charge in [0.25, 0.3) is 0 Å². The predicted octanol–water partition coefficient (Wildman–Crippen LogP) is 5.06. The number of nitrogens with one attached hydrogen (secondary N) is 1. The molecule has 2 nitrogen and oxygen atoms in total. The fraction of sp³-hybridized carbons (Fsp3) is 0.375. The predicted molar refractivity (Wildman–Crippen MR) is 98.9 cm³/mol. The average Bonchev–Trinajstić information content (AvgIpc) is 2.86. The molecular weight excluding hydrogens is 412 g/mol. The van der Waals surface area contributed by atoms with Crippen LogP contribution in [0.25, 0.3) is 0 Å². The molecule has 1 unspecified atom stereocenters. The van der Waals surface area contributed by atoms with E-state index in [1.54, 1.807) is 11.3 Å². The Hall–Kier alpha value is -0.200.